The maximum atomic E-state index is 5.41. The number of guanidine groups is 1. The lowest BCUT2D eigenvalue weighted by molar-refractivity contribution is 0.0698. The van der Waals surface area contributed by atoms with E-state index in [2.05, 4.69) is 39.8 Å². The average Bonchev–Trinajstić information content (AvgIpc) is 2.98. The SMILES string of the molecule is CN=C(NCCCOCCOC)NCc1csc(C(C)C)n1. The number of aromatic nitrogens is 1. The van der Waals surface area contributed by atoms with Crippen LogP contribution in [0.5, 0.6) is 0 Å². The van der Waals surface area contributed by atoms with Crippen LogP contribution in [-0.2, 0) is 16.0 Å². The van der Waals surface area contributed by atoms with E-state index in [4.69, 9.17) is 9.47 Å². The van der Waals surface area contributed by atoms with E-state index in [1.807, 2.05) is 0 Å². The Morgan fingerprint density at radius 2 is 2.14 bits per heavy atom. The van der Waals surface area contributed by atoms with Gasteiger partial charge in [-0.15, -0.1) is 11.3 Å². The molecule has 1 aromatic rings. The Hall–Kier alpha value is -1.18. The highest BCUT2D eigenvalue weighted by molar-refractivity contribution is 7.09. The predicted molar refractivity (Wildman–Crippen MR) is 91.7 cm³/mol. The van der Waals surface area contributed by atoms with Crippen LogP contribution < -0.4 is 10.6 Å². The van der Waals surface area contributed by atoms with Gasteiger partial charge in [0.05, 0.1) is 30.5 Å². The molecule has 0 atom stereocenters. The van der Waals surface area contributed by atoms with Crippen molar-refractivity contribution in [2.75, 3.05) is 40.5 Å². The monoisotopic (exact) mass is 328 g/mol. The smallest absolute Gasteiger partial charge is 0.191 e. The Morgan fingerprint density at radius 1 is 1.32 bits per heavy atom. The molecule has 0 radical (unpaired) electrons. The largest absolute Gasteiger partial charge is 0.382 e. The molecular formula is C15H28N4O2S. The van der Waals surface area contributed by atoms with E-state index in [-0.39, 0.29) is 0 Å². The van der Waals surface area contributed by atoms with Gasteiger partial charge in [-0.05, 0) is 6.42 Å². The molecule has 7 heteroatoms. The summed E-state index contributed by atoms with van der Waals surface area (Å²) in [6, 6.07) is 0. The molecule has 1 heterocycles. The van der Waals surface area contributed by atoms with Crippen LogP contribution in [0.15, 0.2) is 10.4 Å². The van der Waals surface area contributed by atoms with E-state index in [9.17, 15) is 0 Å². The molecule has 0 fully saturated rings. The molecule has 0 saturated carbocycles. The minimum atomic E-state index is 0.481. The summed E-state index contributed by atoms with van der Waals surface area (Å²) in [6.07, 6.45) is 0.929. The number of rotatable bonds is 10. The Labute approximate surface area is 137 Å². The van der Waals surface area contributed by atoms with Crippen molar-refractivity contribution in [2.45, 2.75) is 32.7 Å². The molecule has 0 aromatic carbocycles. The minimum absolute atomic E-state index is 0.481. The zero-order chi connectivity index (χ0) is 16.2. The Morgan fingerprint density at radius 3 is 2.77 bits per heavy atom. The van der Waals surface area contributed by atoms with Gasteiger partial charge in [0.1, 0.15) is 0 Å². The molecule has 0 aliphatic heterocycles. The van der Waals surface area contributed by atoms with Crippen molar-refractivity contribution in [3.05, 3.63) is 16.1 Å². The van der Waals surface area contributed by atoms with Gasteiger partial charge in [-0.1, -0.05) is 13.8 Å². The number of aliphatic imine (C=N–C) groups is 1. The Kier molecular flexibility index (Phi) is 9.77. The summed E-state index contributed by atoms with van der Waals surface area (Å²) in [5, 5.41) is 9.81. The quantitative estimate of drug-likeness (QED) is 0.390. The number of ether oxygens (including phenoxy) is 2. The van der Waals surface area contributed by atoms with Gasteiger partial charge in [0.15, 0.2) is 5.96 Å². The van der Waals surface area contributed by atoms with Crippen LogP contribution in [0.25, 0.3) is 0 Å². The summed E-state index contributed by atoms with van der Waals surface area (Å²) in [5.41, 5.74) is 1.06. The first kappa shape index (κ1) is 18.9. The second-order valence-corrected chi connectivity index (χ2v) is 6.03. The highest BCUT2D eigenvalue weighted by Gasteiger charge is 2.06. The van der Waals surface area contributed by atoms with Gasteiger partial charge in [0, 0.05) is 38.6 Å². The fourth-order valence-electron chi connectivity index (χ4n) is 1.69. The summed E-state index contributed by atoms with van der Waals surface area (Å²) in [4.78, 5) is 8.80. The molecule has 1 aromatic heterocycles. The van der Waals surface area contributed by atoms with Gasteiger partial charge in [-0.2, -0.15) is 0 Å². The van der Waals surface area contributed by atoms with E-state index < -0.39 is 0 Å². The highest BCUT2D eigenvalue weighted by Crippen LogP contribution is 2.18. The van der Waals surface area contributed by atoms with Crippen molar-refractivity contribution < 1.29 is 9.47 Å². The Bertz CT molecular complexity index is 435. The van der Waals surface area contributed by atoms with Crippen LogP contribution in [0.4, 0.5) is 0 Å². The zero-order valence-electron chi connectivity index (χ0n) is 14.0. The maximum absolute atomic E-state index is 5.41. The molecule has 22 heavy (non-hydrogen) atoms. The molecule has 0 bridgehead atoms. The van der Waals surface area contributed by atoms with Gasteiger partial charge in [0.25, 0.3) is 0 Å². The first-order valence-electron chi connectivity index (χ1n) is 7.62. The van der Waals surface area contributed by atoms with Crippen molar-refractivity contribution in [2.24, 2.45) is 4.99 Å². The third-order valence-electron chi connectivity index (χ3n) is 2.91. The van der Waals surface area contributed by atoms with Gasteiger partial charge < -0.3 is 20.1 Å². The van der Waals surface area contributed by atoms with E-state index >= 15 is 0 Å². The van der Waals surface area contributed by atoms with Gasteiger partial charge in [0.2, 0.25) is 0 Å². The van der Waals surface area contributed by atoms with Crippen molar-refractivity contribution in [1.82, 2.24) is 15.6 Å². The van der Waals surface area contributed by atoms with E-state index in [1.54, 1.807) is 25.5 Å². The number of hydrogen-bond acceptors (Lipinski definition) is 5. The molecule has 0 aliphatic rings. The number of nitrogens with one attached hydrogen (secondary N) is 2. The first-order chi connectivity index (χ1) is 10.7. The van der Waals surface area contributed by atoms with Crippen molar-refractivity contribution in [3.63, 3.8) is 0 Å². The number of nitrogens with zero attached hydrogens (tertiary/aromatic N) is 2. The van der Waals surface area contributed by atoms with Crippen LogP contribution in [0.2, 0.25) is 0 Å². The second kappa shape index (κ2) is 11.4. The lowest BCUT2D eigenvalue weighted by Gasteiger charge is -2.11. The predicted octanol–water partition coefficient (Wildman–Crippen LogP) is 1.98. The van der Waals surface area contributed by atoms with Crippen molar-refractivity contribution >= 4 is 17.3 Å². The molecule has 0 saturated heterocycles. The topological polar surface area (TPSA) is 67.8 Å². The maximum Gasteiger partial charge on any atom is 0.191 e. The molecule has 2 N–H and O–H groups in total. The zero-order valence-corrected chi connectivity index (χ0v) is 14.8. The van der Waals surface area contributed by atoms with E-state index in [1.165, 1.54) is 5.01 Å². The number of methoxy groups -OCH3 is 1. The molecule has 0 unspecified atom stereocenters. The molecule has 6 nitrogen and oxygen atoms in total. The Balaban J connectivity index is 2.16. The van der Waals surface area contributed by atoms with Crippen molar-refractivity contribution in [3.8, 4) is 0 Å². The minimum Gasteiger partial charge on any atom is -0.382 e. The second-order valence-electron chi connectivity index (χ2n) is 5.14. The van der Waals surface area contributed by atoms with E-state index in [0.29, 0.717) is 25.7 Å². The third-order valence-corrected chi connectivity index (χ3v) is 4.11. The van der Waals surface area contributed by atoms with Crippen LogP contribution in [0.3, 0.4) is 0 Å². The molecule has 0 spiro atoms. The lowest BCUT2D eigenvalue weighted by atomic mass is 10.2. The number of hydrogen-bond donors (Lipinski definition) is 2. The molecule has 1 rings (SSSR count). The first-order valence-corrected chi connectivity index (χ1v) is 8.50. The summed E-state index contributed by atoms with van der Waals surface area (Å²) < 4.78 is 10.3. The number of thiazole rings is 1. The lowest BCUT2D eigenvalue weighted by Crippen LogP contribution is -2.37. The van der Waals surface area contributed by atoms with Crippen molar-refractivity contribution in [1.29, 1.82) is 0 Å². The van der Waals surface area contributed by atoms with Gasteiger partial charge >= 0.3 is 0 Å². The molecule has 0 aliphatic carbocycles. The summed E-state index contributed by atoms with van der Waals surface area (Å²) in [7, 11) is 3.44. The van der Waals surface area contributed by atoms with Gasteiger partial charge in [-0.3, -0.25) is 4.99 Å². The fourth-order valence-corrected chi connectivity index (χ4v) is 2.52. The standard InChI is InChI=1S/C15H28N4O2S/c1-12(2)14-19-13(11-22-14)10-18-15(16-3)17-6-5-7-21-9-8-20-4/h11-12H,5-10H2,1-4H3,(H2,16,17,18). The van der Waals surface area contributed by atoms with Crippen LogP contribution in [-0.4, -0.2) is 51.5 Å². The average molecular weight is 328 g/mol. The molecular weight excluding hydrogens is 300 g/mol. The molecule has 126 valence electrons. The van der Waals surface area contributed by atoms with Crippen LogP contribution in [0.1, 0.15) is 36.9 Å². The summed E-state index contributed by atoms with van der Waals surface area (Å²) in [6.45, 7) is 7.83. The third kappa shape index (κ3) is 7.72. The van der Waals surface area contributed by atoms with Crippen LogP contribution in [0, 0.1) is 0 Å². The highest BCUT2D eigenvalue weighted by atomic mass is 32.1. The van der Waals surface area contributed by atoms with Gasteiger partial charge in [-0.25, -0.2) is 4.98 Å². The molecule has 0 amide bonds. The van der Waals surface area contributed by atoms with E-state index in [0.717, 1.165) is 31.2 Å². The fraction of sp³-hybridized carbons (Fsp3) is 0.733. The van der Waals surface area contributed by atoms with Crippen LogP contribution >= 0.6 is 11.3 Å². The summed E-state index contributed by atoms with van der Waals surface area (Å²) in [5.74, 6) is 1.27. The normalized spacial score (nSPS) is 12.0. The summed E-state index contributed by atoms with van der Waals surface area (Å²) >= 11 is 1.71.